The van der Waals surface area contributed by atoms with Gasteiger partial charge in [0.15, 0.2) is 0 Å². The van der Waals surface area contributed by atoms with E-state index >= 15 is 0 Å². The number of amides is 1. The molecule has 142 valence electrons. The second kappa shape index (κ2) is 8.92. The number of anilines is 1. The van der Waals surface area contributed by atoms with Gasteiger partial charge in [0.1, 0.15) is 11.8 Å². The molecule has 1 aliphatic heterocycles. The molecule has 1 heterocycles. The zero-order chi connectivity index (χ0) is 19.2. The summed E-state index contributed by atoms with van der Waals surface area (Å²) in [6, 6.07) is 13.4. The number of hydrogen-bond acceptors (Lipinski definition) is 6. The molecular formula is C20H22N2O4S. The number of nitrogens with zero attached hydrogens (tertiary/aromatic N) is 1. The molecule has 1 aliphatic rings. The summed E-state index contributed by atoms with van der Waals surface area (Å²) in [4.78, 5) is 27.0. The monoisotopic (exact) mass is 386 g/mol. The fraction of sp³-hybridized carbons (Fsp3) is 0.300. The van der Waals surface area contributed by atoms with E-state index in [1.54, 1.807) is 0 Å². The van der Waals surface area contributed by atoms with Crippen LogP contribution in [-0.4, -0.2) is 53.6 Å². The average Bonchev–Trinajstić information content (AvgIpc) is 2.71. The van der Waals surface area contributed by atoms with Crippen molar-refractivity contribution in [3.63, 3.8) is 0 Å². The van der Waals surface area contributed by atoms with Gasteiger partial charge in [-0.3, -0.25) is 9.69 Å². The van der Waals surface area contributed by atoms with Crippen molar-refractivity contribution in [2.75, 3.05) is 37.0 Å². The van der Waals surface area contributed by atoms with Gasteiger partial charge in [0.25, 0.3) is 0 Å². The summed E-state index contributed by atoms with van der Waals surface area (Å²) in [5.74, 6) is 1.07. The van der Waals surface area contributed by atoms with Gasteiger partial charge in [-0.15, -0.1) is 0 Å². The number of hydrogen-bond donors (Lipinski definition) is 2. The van der Waals surface area contributed by atoms with Gasteiger partial charge in [0, 0.05) is 24.6 Å². The first-order chi connectivity index (χ1) is 13.1. The van der Waals surface area contributed by atoms with E-state index in [-0.39, 0.29) is 22.9 Å². The lowest BCUT2D eigenvalue weighted by atomic mass is 10.0. The van der Waals surface area contributed by atoms with Gasteiger partial charge in [-0.1, -0.05) is 30.3 Å². The van der Waals surface area contributed by atoms with Crippen molar-refractivity contribution in [2.24, 2.45) is 0 Å². The molecule has 0 aliphatic carbocycles. The Balaban J connectivity index is 1.87. The molecule has 1 atom stereocenters. The predicted molar refractivity (Wildman–Crippen MR) is 106 cm³/mol. The van der Waals surface area contributed by atoms with Crippen molar-refractivity contribution >= 4 is 29.3 Å². The van der Waals surface area contributed by atoms with E-state index in [9.17, 15) is 14.7 Å². The Morgan fingerprint density at radius 1 is 1.15 bits per heavy atom. The molecule has 0 bridgehead atoms. The highest BCUT2D eigenvalue weighted by Crippen LogP contribution is 2.29. The molecule has 1 fully saturated rings. The van der Waals surface area contributed by atoms with Gasteiger partial charge in [0.05, 0.1) is 18.4 Å². The van der Waals surface area contributed by atoms with Crippen molar-refractivity contribution in [3.8, 4) is 5.75 Å². The number of nitrogens with one attached hydrogen (secondary N) is 1. The van der Waals surface area contributed by atoms with Crippen molar-refractivity contribution in [3.05, 3.63) is 59.7 Å². The second-order valence-corrected chi connectivity index (χ2v) is 7.40. The number of thioether (sulfide) groups is 1. The van der Waals surface area contributed by atoms with Crippen LogP contribution >= 0.6 is 11.8 Å². The number of carbonyl (C=O) groups is 2. The fourth-order valence-electron chi connectivity index (χ4n) is 3.08. The van der Waals surface area contributed by atoms with Crippen LogP contribution < -0.4 is 5.32 Å². The van der Waals surface area contributed by atoms with Gasteiger partial charge in [-0.05, 0) is 23.8 Å². The zero-order valence-electron chi connectivity index (χ0n) is 15.1. The SMILES string of the molecule is COC(=O)c1ccc(O)c(NC(=O)[C@H](c2ccccc2)N2CCSCC2)c1. The number of benzene rings is 2. The number of phenols is 1. The predicted octanol–water partition coefficient (Wildman–Crippen LogP) is 2.91. The van der Waals surface area contributed by atoms with Crippen LogP contribution in [0.15, 0.2) is 48.5 Å². The molecule has 0 unspecified atom stereocenters. The fourth-order valence-corrected chi connectivity index (χ4v) is 4.01. The summed E-state index contributed by atoms with van der Waals surface area (Å²) >= 11 is 1.87. The van der Waals surface area contributed by atoms with Crippen LogP contribution in [0, 0.1) is 0 Å². The maximum Gasteiger partial charge on any atom is 0.337 e. The summed E-state index contributed by atoms with van der Waals surface area (Å²) in [7, 11) is 1.28. The number of carbonyl (C=O) groups excluding carboxylic acids is 2. The Hall–Kier alpha value is -2.51. The van der Waals surface area contributed by atoms with E-state index in [2.05, 4.69) is 10.2 Å². The maximum absolute atomic E-state index is 13.1. The van der Waals surface area contributed by atoms with Gasteiger partial charge in [0.2, 0.25) is 5.91 Å². The Morgan fingerprint density at radius 2 is 1.85 bits per heavy atom. The van der Waals surface area contributed by atoms with Gasteiger partial charge < -0.3 is 15.2 Å². The molecule has 3 rings (SSSR count). The smallest absolute Gasteiger partial charge is 0.337 e. The molecule has 0 radical (unpaired) electrons. The standard InChI is InChI=1S/C20H22N2O4S/c1-26-20(25)15-7-8-17(23)16(13-15)21-19(24)18(14-5-3-2-4-6-14)22-9-11-27-12-10-22/h2-8,13,18,23H,9-12H2,1H3,(H,21,24)/t18-/m0/s1. The molecule has 2 aromatic carbocycles. The number of ether oxygens (including phenoxy) is 1. The lowest BCUT2D eigenvalue weighted by molar-refractivity contribution is -0.121. The first kappa shape index (κ1) is 19.3. The highest BCUT2D eigenvalue weighted by atomic mass is 32.2. The zero-order valence-corrected chi connectivity index (χ0v) is 15.9. The molecular weight excluding hydrogens is 364 g/mol. The van der Waals surface area contributed by atoms with Gasteiger partial charge in [-0.2, -0.15) is 11.8 Å². The molecule has 2 aromatic rings. The van der Waals surface area contributed by atoms with E-state index < -0.39 is 12.0 Å². The van der Waals surface area contributed by atoms with E-state index in [0.717, 1.165) is 30.2 Å². The molecule has 7 heteroatoms. The Labute approximate surface area is 162 Å². The minimum Gasteiger partial charge on any atom is -0.506 e. The van der Waals surface area contributed by atoms with Crippen LogP contribution in [0.3, 0.4) is 0 Å². The number of esters is 1. The lowest BCUT2D eigenvalue weighted by Gasteiger charge is -2.33. The molecule has 0 saturated carbocycles. The summed E-state index contributed by atoms with van der Waals surface area (Å²) in [6.45, 7) is 1.62. The third-order valence-corrected chi connectivity index (χ3v) is 5.39. The minimum atomic E-state index is -0.529. The first-order valence-electron chi connectivity index (χ1n) is 8.69. The van der Waals surface area contributed by atoms with E-state index in [0.29, 0.717) is 0 Å². The number of methoxy groups -OCH3 is 1. The van der Waals surface area contributed by atoms with Crippen LogP contribution in [0.5, 0.6) is 5.75 Å². The van der Waals surface area contributed by atoms with Crippen molar-refractivity contribution in [2.45, 2.75) is 6.04 Å². The minimum absolute atomic E-state index is 0.1000. The molecule has 1 saturated heterocycles. The third kappa shape index (κ3) is 4.61. The highest BCUT2D eigenvalue weighted by molar-refractivity contribution is 7.99. The van der Waals surface area contributed by atoms with Gasteiger partial charge in [-0.25, -0.2) is 4.79 Å². The quantitative estimate of drug-likeness (QED) is 0.608. The third-order valence-electron chi connectivity index (χ3n) is 4.45. The Morgan fingerprint density at radius 3 is 2.52 bits per heavy atom. The molecule has 6 nitrogen and oxygen atoms in total. The molecule has 0 aromatic heterocycles. The van der Waals surface area contributed by atoms with Crippen LogP contribution in [-0.2, 0) is 9.53 Å². The van der Waals surface area contributed by atoms with Crippen molar-refractivity contribution in [1.29, 1.82) is 0 Å². The molecule has 0 spiro atoms. The molecule has 27 heavy (non-hydrogen) atoms. The Kier molecular flexibility index (Phi) is 6.36. The van der Waals surface area contributed by atoms with Crippen LogP contribution in [0.1, 0.15) is 22.0 Å². The summed E-state index contributed by atoms with van der Waals surface area (Å²) in [5.41, 5.74) is 1.34. The van der Waals surface area contributed by atoms with Crippen molar-refractivity contribution < 1.29 is 19.4 Å². The van der Waals surface area contributed by atoms with Crippen molar-refractivity contribution in [1.82, 2.24) is 4.90 Å². The number of phenolic OH excluding ortho intramolecular Hbond substituents is 1. The normalized spacial score (nSPS) is 15.7. The highest BCUT2D eigenvalue weighted by Gasteiger charge is 2.29. The summed E-state index contributed by atoms with van der Waals surface area (Å²) in [6.07, 6.45) is 0. The molecule has 2 N–H and O–H groups in total. The van der Waals surface area contributed by atoms with Crippen LogP contribution in [0.2, 0.25) is 0 Å². The largest absolute Gasteiger partial charge is 0.506 e. The van der Waals surface area contributed by atoms with Crippen LogP contribution in [0.4, 0.5) is 5.69 Å². The lowest BCUT2D eigenvalue weighted by Crippen LogP contribution is -2.42. The Bertz CT molecular complexity index is 807. The first-order valence-corrected chi connectivity index (χ1v) is 9.84. The number of aromatic hydroxyl groups is 1. The molecule has 1 amide bonds. The van der Waals surface area contributed by atoms with E-state index in [1.165, 1.54) is 25.3 Å². The topological polar surface area (TPSA) is 78.9 Å². The van der Waals surface area contributed by atoms with Crippen LogP contribution in [0.25, 0.3) is 0 Å². The maximum atomic E-state index is 13.1. The van der Waals surface area contributed by atoms with E-state index in [4.69, 9.17) is 4.74 Å². The second-order valence-electron chi connectivity index (χ2n) is 6.17. The van der Waals surface area contributed by atoms with Gasteiger partial charge >= 0.3 is 5.97 Å². The average molecular weight is 386 g/mol. The summed E-state index contributed by atoms with van der Waals surface area (Å²) < 4.78 is 4.70. The van der Waals surface area contributed by atoms with E-state index in [1.807, 2.05) is 42.1 Å². The number of rotatable bonds is 5. The summed E-state index contributed by atoms with van der Waals surface area (Å²) in [5, 5.41) is 12.9.